The summed E-state index contributed by atoms with van der Waals surface area (Å²) in [5.41, 5.74) is 2.67. The van der Waals surface area contributed by atoms with Gasteiger partial charge in [-0.1, -0.05) is 60.7 Å². The van der Waals surface area contributed by atoms with Crippen LogP contribution in [0.15, 0.2) is 60.7 Å². The van der Waals surface area contributed by atoms with Crippen LogP contribution in [0.5, 0.6) is 0 Å². The molecule has 0 bridgehead atoms. The molecule has 1 aliphatic heterocycles. The summed E-state index contributed by atoms with van der Waals surface area (Å²) >= 11 is 0. The quantitative estimate of drug-likeness (QED) is 0.858. The number of aliphatic hydroxyl groups is 1. The van der Waals surface area contributed by atoms with Crippen molar-refractivity contribution >= 4 is 0 Å². The van der Waals surface area contributed by atoms with Crippen molar-refractivity contribution in [2.24, 2.45) is 0 Å². The Morgan fingerprint density at radius 2 is 1.65 bits per heavy atom. The van der Waals surface area contributed by atoms with Crippen molar-refractivity contribution in [1.29, 1.82) is 0 Å². The normalized spacial score (nSPS) is 20.3. The number of hydrogen-bond acceptors (Lipinski definition) is 3. The van der Waals surface area contributed by atoms with Crippen LogP contribution in [0.4, 0.5) is 0 Å². The van der Waals surface area contributed by atoms with Crippen LogP contribution < -0.4 is 5.32 Å². The maximum absolute atomic E-state index is 9.85. The Morgan fingerprint density at radius 3 is 2.30 bits per heavy atom. The van der Waals surface area contributed by atoms with Gasteiger partial charge in [0.15, 0.2) is 0 Å². The third-order valence-electron chi connectivity index (χ3n) is 4.65. The lowest BCUT2D eigenvalue weighted by Crippen LogP contribution is -2.56. The van der Waals surface area contributed by atoms with Gasteiger partial charge in [0, 0.05) is 31.7 Å². The molecule has 2 aromatic rings. The van der Waals surface area contributed by atoms with Crippen LogP contribution in [0.2, 0.25) is 0 Å². The second-order valence-electron chi connectivity index (χ2n) is 6.36. The van der Waals surface area contributed by atoms with E-state index in [0.717, 1.165) is 32.5 Å². The van der Waals surface area contributed by atoms with E-state index in [1.807, 2.05) is 6.07 Å². The molecule has 0 saturated carbocycles. The minimum absolute atomic E-state index is 0.206. The Balaban J connectivity index is 1.60. The molecule has 2 atom stereocenters. The Kier molecular flexibility index (Phi) is 5.81. The summed E-state index contributed by atoms with van der Waals surface area (Å²) in [7, 11) is 0. The first-order valence-corrected chi connectivity index (χ1v) is 8.51. The Hall–Kier alpha value is -1.68. The average molecular weight is 310 g/mol. The van der Waals surface area contributed by atoms with Gasteiger partial charge in [0.2, 0.25) is 0 Å². The fourth-order valence-electron chi connectivity index (χ4n) is 3.41. The van der Waals surface area contributed by atoms with Crippen molar-refractivity contribution in [2.75, 3.05) is 26.2 Å². The van der Waals surface area contributed by atoms with E-state index >= 15 is 0 Å². The maximum Gasteiger partial charge on any atom is 0.0590 e. The fraction of sp³-hybridized carbons (Fsp3) is 0.400. The van der Waals surface area contributed by atoms with E-state index in [1.54, 1.807) is 0 Å². The van der Waals surface area contributed by atoms with Crippen molar-refractivity contribution < 1.29 is 5.11 Å². The fourth-order valence-corrected chi connectivity index (χ4v) is 3.41. The van der Waals surface area contributed by atoms with Gasteiger partial charge in [-0.05, 0) is 24.0 Å². The monoisotopic (exact) mass is 310 g/mol. The molecule has 122 valence electrons. The number of piperazine rings is 1. The highest BCUT2D eigenvalue weighted by molar-refractivity contribution is 5.17. The second-order valence-corrected chi connectivity index (χ2v) is 6.36. The zero-order valence-corrected chi connectivity index (χ0v) is 13.6. The highest BCUT2D eigenvalue weighted by atomic mass is 16.3. The van der Waals surface area contributed by atoms with Gasteiger partial charge in [0.1, 0.15) is 0 Å². The van der Waals surface area contributed by atoms with Crippen molar-refractivity contribution in [3.8, 4) is 0 Å². The predicted molar refractivity (Wildman–Crippen MR) is 94.5 cm³/mol. The van der Waals surface area contributed by atoms with Crippen molar-refractivity contribution in [3.05, 3.63) is 71.8 Å². The van der Waals surface area contributed by atoms with Crippen LogP contribution in [0, 0.1) is 0 Å². The first-order chi connectivity index (χ1) is 11.3. The van der Waals surface area contributed by atoms with E-state index < -0.39 is 0 Å². The number of nitrogens with zero attached hydrogens (tertiary/aromatic N) is 1. The molecule has 0 amide bonds. The van der Waals surface area contributed by atoms with E-state index in [-0.39, 0.29) is 12.6 Å². The van der Waals surface area contributed by atoms with Gasteiger partial charge in [-0.3, -0.25) is 4.90 Å². The minimum Gasteiger partial charge on any atom is -0.395 e. The number of aliphatic hydroxyl groups excluding tert-OH is 1. The summed E-state index contributed by atoms with van der Waals surface area (Å²) in [6.45, 7) is 3.20. The zero-order valence-electron chi connectivity index (χ0n) is 13.6. The molecule has 3 nitrogen and oxygen atoms in total. The van der Waals surface area contributed by atoms with Gasteiger partial charge in [-0.25, -0.2) is 0 Å². The summed E-state index contributed by atoms with van der Waals surface area (Å²) in [6, 6.07) is 21.8. The molecule has 0 aromatic heterocycles. The summed E-state index contributed by atoms with van der Waals surface area (Å²) < 4.78 is 0. The Labute approximate surface area is 139 Å². The number of benzene rings is 2. The SMILES string of the molecule is OC[C@@H](Cc1ccccc1)N1CCN[C@H](Cc2ccccc2)C1. The van der Waals surface area contributed by atoms with Crippen molar-refractivity contribution in [2.45, 2.75) is 24.9 Å². The van der Waals surface area contributed by atoms with E-state index in [9.17, 15) is 5.11 Å². The molecule has 0 aliphatic carbocycles. The molecule has 1 aliphatic rings. The van der Waals surface area contributed by atoms with Crippen molar-refractivity contribution in [3.63, 3.8) is 0 Å². The third-order valence-corrected chi connectivity index (χ3v) is 4.65. The lowest BCUT2D eigenvalue weighted by molar-refractivity contribution is 0.0929. The van der Waals surface area contributed by atoms with Crippen LogP contribution in [0.3, 0.4) is 0 Å². The average Bonchev–Trinajstić information content (AvgIpc) is 2.62. The predicted octanol–water partition coefficient (Wildman–Crippen LogP) is 2.11. The van der Waals surface area contributed by atoms with Crippen molar-refractivity contribution in [1.82, 2.24) is 10.2 Å². The molecule has 2 aromatic carbocycles. The van der Waals surface area contributed by atoms with E-state index in [2.05, 4.69) is 64.8 Å². The number of rotatable bonds is 6. The second kappa shape index (κ2) is 8.25. The van der Waals surface area contributed by atoms with Gasteiger partial charge in [0.05, 0.1) is 6.61 Å². The van der Waals surface area contributed by atoms with E-state index in [0.29, 0.717) is 6.04 Å². The molecule has 1 saturated heterocycles. The summed E-state index contributed by atoms with van der Waals surface area (Å²) in [5, 5.41) is 13.5. The van der Waals surface area contributed by atoms with Crippen LogP contribution in [0.1, 0.15) is 11.1 Å². The van der Waals surface area contributed by atoms with Gasteiger partial charge in [-0.2, -0.15) is 0 Å². The first-order valence-electron chi connectivity index (χ1n) is 8.51. The van der Waals surface area contributed by atoms with Gasteiger partial charge in [-0.15, -0.1) is 0 Å². The standard InChI is InChI=1S/C20H26N2O/c23-16-20(14-18-9-5-2-6-10-18)22-12-11-21-19(15-22)13-17-7-3-1-4-8-17/h1-10,19-21,23H,11-16H2/t19-,20-/m1/s1. The highest BCUT2D eigenvalue weighted by Gasteiger charge is 2.25. The van der Waals surface area contributed by atoms with E-state index in [4.69, 9.17) is 0 Å². The summed E-state index contributed by atoms with van der Waals surface area (Å²) in [6.07, 6.45) is 1.95. The smallest absolute Gasteiger partial charge is 0.0590 e. The molecule has 0 spiro atoms. The van der Waals surface area contributed by atoms with Crippen LogP contribution in [-0.4, -0.2) is 48.3 Å². The first kappa shape index (κ1) is 16.2. The van der Waals surface area contributed by atoms with Crippen LogP contribution in [0.25, 0.3) is 0 Å². The molecule has 1 fully saturated rings. The molecule has 0 unspecified atom stereocenters. The minimum atomic E-state index is 0.206. The Bertz CT molecular complexity index is 573. The molecular weight excluding hydrogens is 284 g/mol. The lowest BCUT2D eigenvalue weighted by Gasteiger charge is -2.38. The maximum atomic E-state index is 9.85. The largest absolute Gasteiger partial charge is 0.395 e. The molecule has 23 heavy (non-hydrogen) atoms. The van der Waals surface area contributed by atoms with E-state index in [1.165, 1.54) is 11.1 Å². The lowest BCUT2D eigenvalue weighted by atomic mass is 10.0. The van der Waals surface area contributed by atoms with Gasteiger partial charge in [0.25, 0.3) is 0 Å². The zero-order chi connectivity index (χ0) is 15.9. The molecule has 3 heteroatoms. The molecule has 0 radical (unpaired) electrons. The molecule has 1 heterocycles. The summed E-state index contributed by atoms with van der Waals surface area (Å²) in [4.78, 5) is 2.44. The third kappa shape index (κ3) is 4.64. The van der Waals surface area contributed by atoms with Gasteiger partial charge >= 0.3 is 0 Å². The number of nitrogens with one attached hydrogen (secondary N) is 1. The molecule has 2 N–H and O–H groups in total. The van der Waals surface area contributed by atoms with Gasteiger partial charge < -0.3 is 10.4 Å². The molecule has 3 rings (SSSR count). The Morgan fingerprint density at radius 1 is 1.00 bits per heavy atom. The highest BCUT2D eigenvalue weighted by Crippen LogP contribution is 2.13. The van der Waals surface area contributed by atoms with Crippen LogP contribution >= 0.6 is 0 Å². The topological polar surface area (TPSA) is 35.5 Å². The summed E-state index contributed by atoms with van der Waals surface area (Å²) in [5.74, 6) is 0. The van der Waals surface area contributed by atoms with Crippen LogP contribution in [-0.2, 0) is 12.8 Å². The number of hydrogen-bond donors (Lipinski definition) is 2. The molecular formula is C20H26N2O.